The van der Waals surface area contributed by atoms with Gasteiger partial charge in [0, 0.05) is 12.4 Å². The summed E-state index contributed by atoms with van der Waals surface area (Å²) in [6.07, 6.45) is 3.39. The van der Waals surface area contributed by atoms with E-state index in [1.165, 1.54) is 10.9 Å². The smallest absolute Gasteiger partial charge is 0.0584 e. The molecule has 0 aromatic carbocycles. The summed E-state index contributed by atoms with van der Waals surface area (Å²) >= 11 is 0. The van der Waals surface area contributed by atoms with E-state index in [2.05, 4.69) is 43.9 Å². The minimum Gasteiger partial charge on any atom is -0.258 e. The van der Waals surface area contributed by atoms with Crippen molar-refractivity contribution in [2.24, 2.45) is 0 Å². The minimum absolute atomic E-state index is 1.01. The monoisotopic (exact) mass is 197 g/mol. The van der Waals surface area contributed by atoms with Crippen LogP contribution < -0.4 is 0 Å². The van der Waals surface area contributed by atoms with E-state index >= 15 is 0 Å². The molecular weight excluding hydrogens is 182 g/mol. The molecular formula is C11H15B2N2. The molecule has 1 aromatic heterocycles. The molecule has 0 atom stereocenters. The Bertz CT molecular complexity index is 376. The third-order valence-electron chi connectivity index (χ3n) is 2.44. The maximum absolute atomic E-state index is 4.02. The van der Waals surface area contributed by atoms with Crippen LogP contribution in [0.2, 0.25) is 0 Å². The molecule has 0 N–H and O–H groups in total. The van der Waals surface area contributed by atoms with Crippen molar-refractivity contribution in [1.82, 2.24) is 9.97 Å². The van der Waals surface area contributed by atoms with E-state index < -0.39 is 0 Å². The van der Waals surface area contributed by atoms with Gasteiger partial charge in [-0.05, 0) is 13.8 Å². The van der Waals surface area contributed by atoms with Gasteiger partial charge in [0.05, 0.1) is 11.4 Å². The summed E-state index contributed by atoms with van der Waals surface area (Å²) in [7, 11) is 2.12. The summed E-state index contributed by atoms with van der Waals surface area (Å²) in [5.74, 6) is 2.07. The first-order valence-electron chi connectivity index (χ1n) is 5.04. The molecule has 75 valence electrons. The van der Waals surface area contributed by atoms with Crippen LogP contribution in [0.3, 0.4) is 0 Å². The number of nitrogens with zero attached hydrogens (tertiary/aromatic N) is 2. The Morgan fingerprint density at radius 1 is 0.867 bits per heavy atom. The first-order chi connectivity index (χ1) is 7.11. The Hall–Kier alpha value is -1.18. The van der Waals surface area contributed by atoms with Crippen LogP contribution in [0.1, 0.15) is 25.2 Å². The number of aromatic nitrogens is 2. The van der Waals surface area contributed by atoms with Crippen LogP contribution >= 0.6 is 0 Å². The van der Waals surface area contributed by atoms with Gasteiger partial charge in [0.25, 0.3) is 0 Å². The first-order valence-corrected chi connectivity index (χ1v) is 5.04. The second-order valence-corrected chi connectivity index (χ2v) is 3.62. The predicted octanol–water partition coefficient (Wildman–Crippen LogP) is 1.51. The molecule has 0 fully saturated rings. The second kappa shape index (κ2) is 5.64. The Morgan fingerprint density at radius 3 is 1.60 bits per heavy atom. The molecule has 0 bridgehead atoms. The van der Waals surface area contributed by atoms with Gasteiger partial charge < -0.3 is 0 Å². The number of hydrogen-bond donors (Lipinski definition) is 0. The Labute approximate surface area is 93.0 Å². The van der Waals surface area contributed by atoms with E-state index in [1.54, 1.807) is 12.4 Å². The van der Waals surface area contributed by atoms with Crippen LogP contribution in [0, 0.1) is 13.8 Å². The van der Waals surface area contributed by atoms with Crippen molar-refractivity contribution in [3.8, 4) is 0 Å². The molecule has 0 spiro atoms. The Balaban J connectivity index is 0.000000151. The first kappa shape index (κ1) is 11.9. The fourth-order valence-electron chi connectivity index (χ4n) is 1.08. The average molecular weight is 197 g/mol. The summed E-state index contributed by atoms with van der Waals surface area (Å²) in [5, 5.41) is 0. The summed E-state index contributed by atoms with van der Waals surface area (Å²) in [6.45, 7) is 10.3. The zero-order valence-corrected chi connectivity index (χ0v) is 9.78. The molecule has 1 aliphatic rings. The van der Waals surface area contributed by atoms with E-state index in [4.69, 9.17) is 0 Å². The van der Waals surface area contributed by atoms with Crippen molar-refractivity contribution in [1.29, 1.82) is 0 Å². The molecule has 2 nitrogen and oxygen atoms in total. The molecule has 1 radical (unpaired) electrons. The zero-order chi connectivity index (χ0) is 11.3. The number of rotatable bonds is 0. The average Bonchev–Trinajstić information content (AvgIpc) is 2.57. The number of aryl methyl sites for hydroxylation is 2. The summed E-state index contributed by atoms with van der Waals surface area (Å²) in [5.41, 5.74) is 4.79. The Morgan fingerprint density at radius 2 is 1.40 bits per heavy atom. The number of allylic oxidation sites excluding steroid dienone is 2. The van der Waals surface area contributed by atoms with Gasteiger partial charge in [-0.25, -0.2) is 0 Å². The van der Waals surface area contributed by atoms with E-state index in [0.717, 1.165) is 11.4 Å². The van der Waals surface area contributed by atoms with Gasteiger partial charge in [0.1, 0.15) is 0 Å². The summed E-state index contributed by atoms with van der Waals surface area (Å²) in [4.78, 5) is 8.03. The van der Waals surface area contributed by atoms with E-state index in [0.29, 0.717) is 0 Å². The quantitative estimate of drug-likeness (QED) is 0.589. The molecule has 1 aliphatic heterocycles. The van der Waals surface area contributed by atoms with Crippen molar-refractivity contribution >= 4 is 20.1 Å². The van der Waals surface area contributed by atoms with Gasteiger partial charge in [-0.2, -0.15) is 0 Å². The van der Waals surface area contributed by atoms with Gasteiger partial charge in [0.15, 0.2) is 0 Å². The van der Waals surface area contributed by atoms with E-state index in [9.17, 15) is 0 Å². The van der Waals surface area contributed by atoms with Crippen molar-refractivity contribution in [2.45, 2.75) is 27.7 Å². The maximum Gasteiger partial charge on any atom is 0.0584 e. The van der Waals surface area contributed by atoms with Crippen molar-refractivity contribution in [2.75, 3.05) is 0 Å². The molecule has 0 saturated heterocycles. The van der Waals surface area contributed by atoms with Crippen molar-refractivity contribution in [3.05, 3.63) is 34.7 Å². The minimum atomic E-state index is 1.01. The molecule has 1 aromatic rings. The van der Waals surface area contributed by atoms with Crippen LogP contribution in [-0.2, 0) is 0 Å². The van der Waals surface area contributed by atoms with Gasteiger partial charge in [0.2, 0.25) is 0 Å². The van der Waals surface area contributed by atoms with Gasteiger partial charge in [-0.1, -0.05) is 0 Å². The SMILES string of the molecule is CC1=C(C)B=C[B]1.Cc1nccnc1C. The topological polar surface area (TPSA) is 25.8 Å². The Kier molecular flexibility index (Phi) is 4.47. The fourth-order valence-corrected chi connectivity index (χ4v) is 1.08. The van der Waals surface area contributed by atoms with Crippen LogP contribution in [0.5, 0.6) is 0 Å². The van der Waals surface area contributed by atoms with Gasteiger partial charge in [-0.15, -0.1) is 0 Å². The molecule has 2 rings (SSSR count). The molecule has 0 saturated carbocycles. The molecule has 0 unspecified atom stereocenters. The maximum atomic E-state index is 4.02. The van der Waals surface area contributed by atoms with Gasteiger partial charge in [-0.3, -0.25) is 9.97 Å². The molecule has 4 heteroatoms. The van der Waals surface area contributed by atoms with Crippen LogP contribution in [0.4, 0.5) is 0 Å². The second-order valence-electron chi connectivity index (χ2n) is 3.62. The standard InChI is InChI=1S/C6H8N2.C5H7B2/c1-5-6(2)8-4-3-7-5;1-4-5(2)7-3-6-4/h3-4H,1-2H3;3H,1-2H3. The van der Waals surface area contributed by atoms with E-state index in [-0.39, 0.29) is 0 Å². The summed E-state index contributed by atoms with van der Waals surface area (Å²) < 4.78 is 0. The van der Waals surface area contributed by atoms with Crippen LogP contribution in [0.25, 0.3) is 0 Å². The normalized spacial score (nSPS) is 12.8. The zero-order valence-electron chi connectivity index (χ0n) is 9.78. The number of hydrogen-bond acceptors (Lipinski definition) is 2. The fraction of sp³-hybridized carbons (Fsp3) is 0.364. The molecule has 0 amide bonds. The third-order valence-corrected chi connectivity index (χ3v) is 2.44. The van der Waals surface area contributed by atoms with Crippen molar-refractivity contribution in [3.63, 3.8) is 0 Å². The van der Waals surface area contributed by atoms with Crippen molar-refractivity contribution < 1.29 is 0 Å². The third kappa shape index (κ3) is 3.82. The van der Waals surface area contributed by atoms with Crippen LogP contribution in [-0.4, -0.2) is 30.0 Å². The summed E-state index contributed by atoms with van der Waals surface area (Å²) in [6, 6.07) is 0. The van der Waals surface area contributed by atoms with E-state index in [1.807, 2.05) is 13.8 Å². The molecule has 2 heterocycles. The predicted molar refractivity (Wildman–Crippen MR) is 67.5 cm³/mol. The molecule has 0 aliphatic carbocycles. The largest absolute Gasteiger partial charge is 0.258 e. The van der Waals surface area contributed by atoms with Crippen LogP contribution in [0.15, 0.2) is 23.3 Å². The van der Waals surface area contributed by atoms with Gasteiger partial charge >= 0.3 is 44.9 Å². The molecule has 15 heavy (non-hydrogen) atoms.